The molecule has 0 N–H and O–H groups in total. The highest BCUT2D eigenvalue weighted by molar-refractivity contribution is 6.21. The maximum absolute atomic E-state index is 12.4. The van der Waals surface area contributed by atoms with Gasteiger partial charge in [-0.15, -0.1) is 0 Å². The molecular weight excluding hydrogens is 284 g/mol. The number of hydrogen-bond acceptors (Lipinski definition) is 6. The molecule has 7 heteroatoms. The SMILES string of the molecule is CCN(Cc1nonc1C)CN1C(=O)c2ccccc2C1=O. The second kappa shape index (κ2) is 5.69. The van der Waals surface area contributed by atoms with E-state index in [0.717, 1.165) is 0 Å². The third-order valence-corrected chi connectivity index (χ3v) is 3.79. The highest BCUT2D eigenvalue weighted by atomic mass is 16.6. The topological polar surface area (TPSA) is 79.5 Å². The fraction of sp³-hybridized carbons (Fsp3) is 0.333. The fourth-order valence-electron chi connectivity index (χ4n) is 2.43. The van der Waals surface area contributed by atoms with Gasteiger partial charge in [-0.05, 0) is 25.6 Å². The Hall–Kier alpha value is -2.54. The molecule has 1 aliphatic rings. The lowest BCUT2D eigenvalue weighted by molar-refractivity contribution is 0.0536. The molecule has 0 saturated heterocycles. The summed E-state index contributed by atoms with van der Waals surface area (Å²) in [6.07, 6.45) is 0. The number of carbonyl (C=O) groups is 2. The Morgan fingerprint density at radius 2 is 1.77 bits per heavy atom. The van der Waals surface area contributed by atoms with Gasteiger partial charge in [0.15, 0.2) is 0 Å². The zero-order chi connectivity index (χ0) is 15.7. The molecule has 22 heavy (non-hydrogen) atoms. The van der Waals surface area contributed by atoms with Crippen LogP contribution >= 0.6 is 0 Å². The summed E-state index contributed by atoms with van der Waals surface area (Å²) in [7, 11) is 0. The van der Waals surface area contributed by atoms with Gasteiger partial charge in [0, 0.05) is 6.54 Å². The van der Waals surface area contributed by atoms with E-state index in [4.69, 9.17) is 0 Å². The number of amides is 2. The Morgan fingerprint density at radius 1 is 1.14 bits per heavy atom. The van der Waals surface area contributed by atoms with Crippen LogP contribution in [-0.4, -0.2) is 45.1 Å². The number of carbonyl (C=O) groups excluding carboxylic acids is 2. The number of imide groups is 1. The lowest BCUT2D eigenvalue weighted by atomic mass is 10.1. The van der Waals surface area contributed by atoms with Gasteiger partial charge in [0.05, 0.1) is 17.8 Å². The Morgan fingerprint density at radius 3 is 2.27 bits per heavy atom. The van der Waals surface area contributed by atoms with Crippen LogP contribution < -0.4 is 0 Å². The fourth-order valence-corrected chi connectivity index (χ4v) is 2.43. The summed E-state index contributed by atoms with van der Waals surface area (Å²) in [6, 6.07) is 6.88. The zero-order valence-electron chi connectivity index (χ0n) is 12.4. The summed E-state index contributed by atoms with van der Waals surface area (Å²) >= 11 is 0. The molecule has 114 valence electrons. The van der Waals surface area contributed by atoms with Crippen molar-refractivity contribution < 1.29 is 14.2 Å². The first-order valence-electron chi connectivity index (χ1n) is 7.07. The number of rotatable bonds is 5. The van der Waals surface area contributed by atoms with Gasteiger partial charge in [-0.2, -0.15) is 0 Å². The molecule has 0 aliphatic carbocycles. The molecule has 1 aromatic carbocycles. The van der Waals surface area contributed by atoms with E-state index in [1.807, 2.05) is 18.7 Å². The Balaban J connectivity index is 1.76. The Labute approximate surface area is 127 Å². The van der Waals surface area contributed by atoms with Crippen LogP contribution in [0.25, 0.3) is 0 Å². The molecule has 0 spiro atoms. The monoisotopic (exact) mass is 300 g/mol. The molecule has 1 aliphatic heterocycles. The molecule has 0 atom stereocenters. The van der Waals surface area contributed by atoms with Gasteiger partial charge in [0.2, 0.25) is 0 Å². The summed E-state index contributed by atoms with van der Waals surface area (Å²) in [5, 5.41) is 7.58. The summed E-state index contributed by atoms with van der Waals surface area (Å²) in [5.74, 6) is -0.511. The van der Waals surface area contributed by atoms with E-state index in [9.17, 15) is 9.59 Å². The van der Waals surface area contributed by atoms with Crippen molar-refractivity contribution in [3.8, 4) is 0 Å². The van der Waals surface area contributed by atoms with E-state index >= 15 is 0 Å². The molecule has 0 radical (unpaired) electrons. The zero-order valence-corrected chi connectivity index (χ0v) is 12.4. The van der Waals surface area contributed by atoms with E-state index in [1.165, 1.54) is 4.90 Å². The van der Waals surface area contributed by atoms with Crippen molar-refractivity contribution in [2.24, 2.45) is 0 Å². The minimum absolute atomic E-state index is 0.217. The van der Waals surface area contributed by atoms with Crippen molar-refractivity contribution >= 4 is 11.8 Å². The second-order valence-corrected chi connectivity index (χ2v) is 5.17. The molecule has 1 aromatic heterocycles. The molecule has 2 amide bonds. The minimum Gasteiger partial charge on any atom is -0.280 e. The normalized spacial score (nSPS) is 14.0. The first-order chi connectivity index (χ1) is 10.6. The van der Waals surface area contributed by atoms with E-state index < -0.39 is 0 Å². The summed E-state index contributed by atoms with van der Waals surface area (Å²) < 4.78 is 4.68. The smallest absolute Gasteiger partial charge is 0.262 e. The van der Waals surface area contributed by atoms with Crippen molar-refractivity contribution in [1.82, 2.24) is 20.1 Å². The Bertz CT molecular complexity index is 690. The van der Waals surface area contributed by atoms with Crippen molar-refractivity contribution in [3.63, 3.8) is 0 Å². The lowest BCUT2D eigenvalue weighted by Gasteiger charge is -2.24. The van der Waals surface area contributed by atoms with Crippen molar-refractivity contribution in [1.29, 1.82) is 0 Å². The maximum Gasteiger partial charge on any atom is 0.262 e. The molecule has 0 fully saturated rings. The van der Waals surface area contributed by atoms with Gasteiger partial charge in [0.25, 0.3) is 11.8 Å². The van der Waals surface area contributed by atoms with Crippen LogP contribution in [0.15, 0.2) is 28.9 Å². The van der Waals surface area contributed by atoms with Crippen molar-refractivity contribution in [2.45, 2.75) is 20.4 Å². The number of hydrogen-bond donors (Lipinski definition) is 0. The molecular formula is C15H16N4O3. The largest absolute Gasteiger partial charge is 0.280 e. The first kappa shape index (κ1) is 14.4. The van der Waals surface area contributed by atoms with Crippen LogP contribution in [0.4, 0.5) is 0 Å². The third kappa shape index (κ3) is 2.39. The highest BCUT2D eigenvalue weighted by Crippen LogP contribution is 2.22. The van der Waals surface area contributed by atoms with Gasteiger partial charge in [-0.1, -0.05) is 29.4 Å². The molecule has 0 saturated carbocycles. The molecule has 7 nitrogen and oxygen atoms in total. The molecule has 0 bridgehead atoms. The highest BCUT2D eigenvalue weighted by Gasteiger charge is 2.35. The standard InChI is InChI=1S/C15H16N4O3/c1-3-18(8-13-10(2)16-22-17-13)9-19-14(20)11-6-4-5-7-12(11)15(19)21/h4-7H,3,8-9H2,1-2H3. The summed E-state index contributed by atoms with van der Waals surface area (Å²) in [6.45, 7) is 5.12. The van der Waals surface area contributed by atoms with Crippen LogP contribution in [0.2, 0.25) is 0 Å². The third-order valence-electron chi connectivity index (χ3n) is 3.79. The van der Waals surface area contributed by atoms with Crippen LogP contribution in [0.1, 0.15) is 39.0 Å². The average Bonchev–Trinajstić information content (AvgIpc) is 3.04. The summed E-state index contributed by atoms with van der Waals surface area (Å²) in [5.41, 5.74) is 2.34. The van der Waals surface area contributed by atoms with Crippen molar-refractivity contribution in [3.05, 3.63) is 46.8 Å². The number of nitrogens with zero attached hydrogens (tertiary/aromatic N) is 4. The lowest BCUT2D eigenvalue weighted by Crippen LogP contribution is -2.41. The van der Waals surface area contributed by atoms with E-state index in [0.29, 0.717) is 35.6 Å². The van der Waals surface area contributed by atoms with E-state index in [1.54, 1.807) is 24.3 Å². The Kier molecular flexibility index (Phi) is 3.72. The van der Waals surface area contributed by atoms with Gasteiger partial charge in [-0.3, -0.25) is 19.4 Å². The second-order valence-electron chi connectivity index (χ2n) is 5.17. The number of benzene rings is 1. The maximum atomic E-state index is 12.4. The average molecular weight is 300 g/mol. The van der Waals surface area contributed by atoms with E-state index in [2.05, 4.69) is 14.9 Å². The minimum atomic E-state index is -0.256. The van der Waals surface area contributed by atoms with Crippen LogP contribution in [0, 0.1) is 6.92 Å². The van der Waals surface area contributed by atoms with Crippen LogP contribution in [-0.2, 0) is 6.54 Å². The number of fused-ring (bicyclic) bond motifs is 1. The number of aromatic nitrogens is 2. The summed E-state index contributed by atoms with van der Waals surface area (Å²) in [4.78, 5) is 27.9. The predicted molar refractivity (Wildman–Crippen MR) is 76.9 cm³/mol. The molecule has 2 heterocycles. The quantitative estimate of drug-likeness (QED) is 0.778. The van der Waals surface area contributed by atoms with Gasteiger partial charge < -0.3 is 0 Å². The first-order valence-corrected chi connectivity index (χ1v) is 7.07. The molecule has 2 aromatic rings. The van der Waals surface area contributed by atoms with Crippen LogP contribution in [0.3, 0.4) is 0 Å². The van der Waals surface area contributed by atoms with Gasteiger partial charge in [-0.25, -0.2) is 4.63 Å². The molecule has 3 rings (SSSR count). The van der Waals surface area contributed by atoms with Gasteiger partial charge >= 0.3 is 0 Å². The predicted octanol–water partition coefficient (Wildman–Crippen LogP) is 1.45. The number of aryl methyl sites for hydroxylation is 1. The van der Waals surface area contributed by atoms with Crippen molar-refractivity contribution in [2.75, 3.05) is 13.2 Å². The van der Waals surface area contributed by atoms with Crippen LogP contribution in [0.5, 0.6) is 0 Å². The van der Waals surface area contributed by atoms with E-state index in [-0.39, 0.29) is 18.5 Å². The van der Waals surface area contributed by atoms with Gasteiger partial charge in [0.1, 0.15) is 11.4 Å². The molecule has 0 unspecified atom stereocenters.